The van der Waals surface area contributed by atoms with E-state index in [1.165, 1.54) is 4.88 Å². The predicted octanol–water partition coefficient (Wildman–Crippen LogP) is 2.38. The summed E-state index contributed by atoms with van der Waals surface area (Å²) in [5, 5.41) is 4.29. The van der Waals surface area contributed by atoms with Crippen LogP contribution >= 0.6 is 11.3 Å². The molecule has 0 bridgehead atoms. The van der Waals surface area contributed by atoms with Gasteiger partial charge in [0.1, 0.15) is 0 Å². The summed E-state index contributed by atoms with van der Waals surface area (Å²) in [7, 11) is 0. The van der Waals surface area contributed by atoms with Crippen molar-refractivity contribution in [1.82, 2.24) is 10.3 Å². The number of nitrogens with zero attached hydrogens (tertiary/aromatic N) is 2. The summed E-state index contributed by atoms with van der Waals surface area (Å²) in [6.07, 6.45) is 0. The lowest BCUT2D eigenvalue weighted by Gasteiger charge is -2.13. The molecule has 1 heterocycles. The number of nitrogens with one attached hydrogen (secondary N) is 1. The topological polar surface area (TPSA) is 63.3 Å². The number of nitrogens with two attached hydrogens (primary N) is 1. The van der Waals surface area contributed by atoms with Crippen molar-refractivity contribution in [2.24, 2.45) is 16.6 Å². The van der Waals surface area contributed by atoms with Crippen LogP contribution in [0.2, 0.25) is 0 Å². The average Bonchev–Trinajstić information content (AvgIpc) is 2.55. The zero-order valence-corrected chi connectivity index (χ0v) is 12.1. The van der Waals surface area contributed by atoms with Crippen molar-refractivity contribution in [1.29, 1.82) is 0 Å². The molecule has 0 amide bonds. The minimum atomic E-state index is 0.164. The van der Waals surface area contributed by atoms with Crippen LogP contribution in [-0.4, -0.2) is 17.5 Å². The monoisotopic (exact) mass is 254 g/mol. The number of aromatic nitrogens is 1. The number of aliphatic imine (C=N–C) groups is 1. The third-order valence-electron chi connectivity index (χ3n) is 2.32. The van der Waals surface area contributed by atoms with Crippen LogP contribution in [0.1, 0.15) is 42.4 Å². The Balaban J connectivity index is 2.63. The van der Waals surface area contributed by atoms with Crippen LogP contribution in [-0.2, 0) is 0 Å². The van der Waals surface area contributed by atoms with Gasteiger partial charge in [-0.25, -0.2) is 4.98 Å². The molecule has 17 heavy (non-hydrogen) atoms. The third kappa shape index (κ3) is 4.34. The first-order valence-corrected chi connectivity index (χ1v) is 6.72. The van der Waals surface area contributed by atoms with Crippen LogP contribution in [0.3, 0.4) is 0 Å². The molecule has 1 aromatic rings. The summed E-state index contributed by atoms with van der Waals surface area (Å²) in [6.45, 7) is 11.1. The second kappa shape index (κ2) is 6.00. The number of rotatable bonds is 4. The highest BCUT2D eigenvalue weighted by Crippen LogP contribution is 2.24. The van der Waals surface area contributed by atoms with Crippen molar-refractivity contribution < 1.29 is 0 Å². The Kier molecular flexibility index (Phi) is 4.93. The van der Waals surface area contributed by atoms with Crippen molar-refractivity contribution >= 4 is 17.3 Å². The SMILES string of the molecule is Cc1nc(C)c(C(C)NC(N)=NCC(C)C)s1. The largest absolute Gasteiger partial charge is 0.370 e. The second-order valence-electron chi connectivity index (χ2n) is 4.67. The molecule has 0 saturated heterocycles. The van der Waals surface area contributed by atoms with Crippen LogP contribution in [0.15, 0.2) is 4.99 Å². The molecule has 0 aliphatic carbocycles. The van der Waals surface area contributed by atoms with Gasteiger partial charge in [0.15, 0.2) is 5.96 Å². The highest BCUT2D eigenvalue weighted by Gasteiger charge is 2.13. The fourth-order valence-corrected chi connectivity index (χ4v) is 2.49. The maximum atomic E-state index is 5.84. The predicted molar refractivity (Wildman–Crippen MR) is 74.5 cm³/mol. The molecule has 1 atom stereocenters. The Morgan fingerprint density at radius 3 is 2.53 bits per heavy atom. The number of hydrogen-bond acceptors (Lipinski definition) is 3. The molecular formula is C12H22N4S. The number of hydrogen-bond donors (Lipinski definition) is 2. The van der Waals surface area contributed by atoms with Crippen molar-refractivity contribution in [2.45, 2.75) is 40.7 Å². The summed E-state index contributed by atoms with van der Waals surface area (Å²) < 4.78 is 0. The first-order valence-electron chi connectivity index (χ1n) is 5.90. The molecular weight excluding hydrogens is 232 g/mol. The molecule has 0 spiro atoms. The molecule has 5 heteroatoms. The Morgan fingerprint density at radius 2 is 2.06 bits per heavy atom. The number of guanidine groups is 1. The molecule has 0 fully saturated rings. The molecule has 96 valence electrons. The summed E-state index contributed by atoms with van der Waals surface area (Å²) in [6, 6.07) is 0.164. The zero-order chi connectivity index (χ0) is 13.0. The number of thiazole rings is 1. The Hall–Kier alpha value is -1.10. The maximum Gasteiger partial charge on any atom is 0.189 e. The summed E-state index contributed by atoms with van der Waals surface area (Å²) >= 11 is 1.70. The lowest BCUT2D eigenvalue weighted by atomic mass is 10.2. The second-order valence-corrected chi connectivity index (χ2v) is 5.90. The van der Waals surface area contributed by atoms with Gasteiger partial charge in [-0.15, -0.1) is 11.3 Å². The van der Waals surface area contributed by atoms with E-state index in [-0.39, 0.29) is 6.04 Å². The van der Waals surface area contributed by atoms with Gasteiger partial charge in [-0.2, -0.15) is 0 Å². The van der Waals surface area contributed by atoms with E-state index in [2.05, 4.69) is 36.1 Å². The van der Waals surface area contributed by atoms with Crippen molar-refractivity contribution in [3.63, 3.8) is 0 Å². The van der Waals surface area contributed by atoms with Gasteiger partial charge in [-0.05, 0) is 26.7 Å². The van der Waals surface area contributed by atoms with Gasteiger partial charge in [-0.3, -0.25) is 4.99 Å². The molecule has 0 aromatic carbocycles. The minimum Gasteiger partial charge on any atom is -0.370 e. The Morgan fingerprint density at radius 1 is 1.41 bits per heavy atom. The quantitative estimate of drug-likeness (QED) is 0.640. The average molecular weight is 254 g/mol. The molecule has 0 aliphatic heterocycles. The minimum absolute atomic E-state index is 0.164. The fraction of sp³-hybridized carbons (Fsp3) is 0.667. The van der Waals surface area contributed by atoms with Gasteiger partial charge < -0.3 is 11.1 Å². The molecule has 0 radical (unpaired) electrons. The lowest BCUT2D eigenvalue weighted by Crippen LogP contribution is -2.34. The molecule has 1 aromatic heterocycles. The van der Waals surface area contributed by atoms with Crippen molar-refractivity contribution in [2.75, 3.05) is 6.54 Å². The molecule has 1 unspecified atom stereocenters. The smallest absolute Gasteiger partial charge is 0.189 e. The van der Waals surface area contributed by atoms with E-state index in [0.717, 1.165) is 17.2 Å². The normalized spacial score (nSPS) is 14.1. The van der Waals surface area contributed by atoms with Gasteiger partial charge in [0.05, 0.1) is 16.7 Å². The van der Waals surface area contributed by atoms with E-state index < -0.39 is 0 Å². The van der Waals surface area contributed by atoms with Crippen LogP contribution in [0.25, 0.3) is 0 Å². The molecule has 3 N–H and O–H groups in total. The van der Waals surface area contributed by atoms with Crippen LogP contribution in [0.4, 0.5) is 0 Å². The first kappa shape index (κ1) is 14.0. The van der Waals surface area contributed by atoms with Gasteiger partial charge >= 0.3 is 0 Å². The van der Waals surface area contributed by atoms with E-state index in [9.17, 15) is 0 Å². The zero-order valence-electron chi connectivity index (χ0n) is 11.2. The van der Waals surface area contributed by atoms with Crippen LogP contribution in [0, 0.1) is 19.8 Å². The highest BCUT2D eigenvalue weighted by molar-refractivity contribution is 7.11. The lowest BCUT2D eigenvalue weighted by molar-refractivity contribution is 0.653. The standard InChI is InChI=1S/C12H22N4S/c1-7(2)6-14-12(13)16-9(4)11-8(3)15-10(5)17-11/h7,9H,6H2,1-5H3,(H3,13,14,16). The Labute approximate surface area is 107 Å². The van der Waals surface area contributed by atoms with Gasteiger partial charge in [0.25, 0.3) is 0 Å². The van der Waals surface area contributed by atoms with E-state index >= 15 is 0 Å². The van der Waals surface area contributed by atoms with E-state index in [4.69, 9.17) is 5.73 Å². The van der Waals surface area contributed by atoms with Gasteiger partial charge in [0.2, 0.25) is 0 Å². The van der Waals surface area contributed by atoms with Gasteiger partial charge in [-0.1, -0.05) is 13.8 Å². The van der Waals surface area contributed by atoms with Gasteiger partial charge in [0, 0.05) is 11.4 Å². The van der Waals surface area contributed by atoms with Crippen LogP contribution < -0.4 is 11.1 Å². The number of aryl methyl sites for hydroxylation is 2. The molecule has 4 nitrogen and oxygen atoms in total. The fourth-order valence-electron chi connectivity index (χ4n) is 1.56. The van der Waals surface area contributed by atoms with Crippen molar-refractivity contribution in [3.05, 3.63) is 15.6 Å². The van der Waals surface area contributed by atoms with E-state index in [0.29, 0.717) is 11.9 Å². The summed E-state index contributed by atoms with van der Waals surface area (Å²) in [5.74, 6) is 1.04. The third-order valence-corrected chi connectivity index (χ3v) is 3.58. The molecule has 0 saturated carbocycles. The van der Waals surface area contributed by atoms with Crippen LogP contribution in [0.5, 0.6) is 0 Å². The summed E-state index contributed by atoms with van der Waals surface area (Å²) in [4.78, 5) is 9.93. The Bertz CT molecular complexity index is 395. The first-order chi connectivity index (χ1) is 7.90. The maximum absolute atomic E-state index is 5.84. The van der Waals surface area contributed by atoms with E-state index in [1.807, 2.05) is 13.8 Å². The summed E-state index contributed by atoms with van der Waals surface area (Å²) in [5.41, 5.74) is 6.91. The van der Waals surface area contributed by atoms with E-state index in [1.54, 1.807) is 11.3 Å². The molecule has 0 aliphatic rings. The highest BCUT2D eigenvalue weighted by atomic mass is 32.1. The molecule has 1 rings (SSSR count). The van der Waals surface area contributed by atoms with Crippen molar-refractivity contribution in [3.8, 4) is 0 Å².